The van der Waals surface area contributed by atoms with Crippen molar-refractivity contribution in [3.8, 4) is 0 Å². The zero-order valence-electron chi connectivity index (χ0n) is 19.8. The number of hydrogen-bond donors (Lipinski definition) is 3. The van der Waals surface area contributed by atoms with Crippen molar-refractivity contribution in [2.45, 2.75) is 76.7 Å². The maximum absolute atomic E-state index is 13.2. The maximum atomic E-state index is 13.2. The van der Waals surface area contributed by atoms with E-state index in [2.05, 4.69) is 31.0 Å². The highest BCUT2D eigenvalue weighted by atomic mass is 16.4. The van der Waals surface area contributed by atoms with Crippen LogP contribution < -0.4 is 16.0 Å². The lowest BCUT2D eigenvalue weighted by atomic mass is 10.0. The van der Waals surface area contributed by atoms with Crippen molar-refractivity contribution in [1.82, 2.24) is 31.0 Å². The minimum atomic E-state index is -0.837. The fourth-order valence-corrected chi connectivity index (χ4v) is 4.66. The van der Waals surface area contributed by atoms with Gasteiger partial charge in [-0.3, -0.25) is 19.3 Å². The molecular weight excluding hydrogens is 436 g/mol. The lowest BCUT2D eigenvalue weighted by Gasteiger charge is -2.30. The van der Waals surface area contributed by atoms with Gasteiger partial charge in [0.15, 0.2) is 0 Å². The summed E-state index contributed by atoms with van der Waals surface area (Å²) >= 11 is 0. The topological polar surface area (TPSA) is 129 Å². The highest BCUT2D eigenvalue weighted by Crippen LogP contribution is 2.32. The van der Waals surface area contributed by atoms with E-state index >= 15 is 0 Å². The molecule has 2 bridgehead atoms. The van der Waals surface area contributed by atoms with Gasteiger partial charge in [-0.15, -0.1) is 10.2 Å². The average molecular weight is 469 g/mol. The Balaban J connectivity index is 1.65. The molecule has 3 amide bonds. The molecule has 182 valence electrons. The van der Waals surface area contributed by atoms with Gasteiger partial charge < -0.3 is 20.4 Å². The van der Waals surface area contributed by atoms with Crippen molar-refractivity contribution in [3.63, 3.8) is 0 Å². The van der Waals surface area contributed by atoms with Gasteiger partial charge in [0, 0.05) is 6.42 Å². The van der Waals surface area contributed by atoms with Crippen LogP contribution in [0.25, 0.3) is 0 Å². The van der Waals surface area contributed by atoms with Gasteiger partial charge in [-0.25, -0.2) is 0 Å². The molecule has 3 N–H and O–H groups in total. The zero-order valence-corrected chi connectivity index (χ0v) is 19.8. The number of nitrogens with one attached hydrogen (secondary N) is 3. The third-order valence-electron chi connectivity index (χ3n) is 6.52. The van der Waals surface area contributed by atoms with Gasteiger partial charge in [-0.05, 0) is 45.2 Å². The normalized spacial score (nSPS) is 28.8. The van der Waals surface area contributed by atoms with Crippen LogP contribution in [0.4, 0.5) is 0 Å². The largest absolute Gasteiger partial charge is 0.421 e. The fourth-order valence-electron chi connectivity index (χ4n) is 4.66. The van der Waals surface area contributed by atoms with Crippen LogP contribution in [0, 0.1) is 0 Å². The molecule has 34 heavy (non-hydrogen) atoms. The number of nitrogens with zero attached hydrogens (tertiary/aromatic N) is 3. The second-order valence-corrected chi connectivity index (χ2v) is 9.01. The molecule has 1 aromatic carbocycles. The predicted octanol–water partition coefficient (Wildman–Crippen LogP) is 1.41. The highest BCUT2D eigenvalue weighted by Gasteiger charge is 2.39. The predicted molar refractivity (Wildman–Crippen MR) is 123 cm³/mol. The maximum Gasteiger partial charge on any atom is 0.243 e. The minimum Gasteiger partial charge on any atom is -0.421 e. The molecule has 0 radical (unpaired) electrons. The van der Waals surface area contributed by atoms with Crippen molar-refractivity contribution in [2.24, 2.45) is 0 Å². The molecule has 1 saturated heterocycles. The van der Waals surface area contributed by atoms with Gasteiger partial charge in [0.1, 0.15) is 18.1 Å². The van der Waals surface area contributed by atoms with Crippen molar-refractivity contribution < 1.29 is 18.8 Å². The number of amides is 3. The Labute approximate surface area is 198 Å². The van der Waals surface area contributed by atoms with Gasteiger partial charge in [-0.2, -0.15) is 0 Å². The first-order chi connectivity index (χ1) is 16.4. The Hall–Kier alpha value is -3.27. The Bertz CT molecular complexity index is 1030. The number of fused-ring (bicyclic) bond motifs is 3. The lowest BCUT2D eigenvalue weighted by Crippen LogP contribution is -2.55. The van der Waals surface area contributed by atoms with Crippen LogP contribution in [-0.4, -0.2) is 57.5 Å². The molecule has 2 aliphatic heterocycles. The molecule has 1 aromatic heterocycles. The van der Waals surface area contributed by atoms with Crippen LogP contribution in [0.5, 0.6) is 0 Å². The van der Waals surface area contributed by atoms with E-state index in [4.69, 9.17) is 4.42 Å². The summed E-state index contributed by atoms with van der Waals surface area (Å²) in [5.74, 6) is -0.287. The number of hydrogen-bond acceptors (Lipinski definition) is 7. The average Bonchev–Trinajstić information content (AvgIpc) is 3.50. The van der Waals surface area contributed by atoms with Crippen LogP contribution in [-0.2, 0) is 20.8 Å². The molecule has 0 aliphatic carbocycles. The Kier molecular flexibility index (Phi) is 7.26. The van der Waals surface area contributed by atoms with Crippen LogP contribution in [0.15, 0.2) is 34.7 Å². The summed E-state index contributed by atoms with van der Waals surface area (Å²) in [6.45, 7) is 6.12. The van der Waals surface area contributed by atoms with E-state index in [0.717, 1.165) is 18.5 Å². The molecule has 2 aliphatic rings. The van der Waals surface area contributed by atoms with Crippen LogP contribution in [0.1, 0.15) is 69.5 Å². The van der Waals surface area contributed by atoms with Crippen molar-refractivity contribution in [3.05, 3.63) is 47.7 Å². The molecule has 2 aromatic rings. The monoisotopic (exact) mass is 468 g/mol. The SMILES string of the molecule is CCC1c2nnc(o2)[C@H](C)NC(=O)[C@H](Cc2ccccc2)NC(=O)[C@H](C)NC(=O)[C@@H]2CCCN12. The summed E-state index contributed by atoms with van der Waals surface area (Å²) in [6, 6.07) is 6.66. The summed E-state index contributed by atoms with van der Waals surface area (Å²) in [5, 5.41) is 16.9. The Morgan fingerprint density at radius 3 is 2.38 bits per heavy atom. The molecule has 10 nitrogen and oxygen atoms in total. The number of carbonyl (C=O) groups is 3. The fraction of sp³-hybridized carbons (Fsp3) is 0.542. The first-order valence-electron chi connectivity index (χ1n) is 11.9. The zero-order chi connectivity index (χ0) is 24.2. The van der Waals surface area contributed by atoms with E-state index in [1.165, 1.54) is 0 Å². The van der Waals surface area contributed by atoms with Gasteiger partial charge in [0.2, 0.25) is 29.5 Å². The summed E-state index contributed by atoms with van der Waals surface area (Å²) in [6.07, 6.45) is 2.53. The molecule has 3 heterocycles. The molecule has 1 fully saturated rings. The number of carbonyl (C=O) groups excluding carboxylic acids is 3. The molecule has 4 rings (SSSR count). The van der Waals surface area contributed by atoms with E-state index in [9.17, 15) is 14.4 Å². The summed E-state index contributed by atoms with van der Waals surface area (Å²) in [5.41, 5.74) is 0.901. The summed E-state index contributed by atoms with van der Waals surface area (Å²) in [4.78, 5) is 41.3. The van der Waals surface area contributed by atoms with Gasteiger partial charge in [0.05, 0.1) is 12.1 Å². The van der Waals surface area contributed by atoms with E-state index in [1.54, 1.807) is 13.8 Å². The van der Waals surface area contributed by atoms with Crippen molar-refractivity contribution in [2.75, 3.05) is 6.54 Å². The van der Waals surface area contributed by atoms with Crippen LogP contribution in [0.3, 0.4) is 0 Å². The third-order valence-corrected chi connectivity index (χ3v) is 6.52. The Morgan fingerprint density at radius 2 is 1.65 bits per heavy atom. The van der Waals surface area contributed by atoms with Crippen LogP contribution >= 0.6 is 0 Å². The van der Waals surface area contributed by atoms with Gasteiger partial charge >= 0.3 is 0 Å². The standard InChI is InChI=1S/C24H32N6O4/c1-4-18-24-29-28-23(34-24)15(3)26-21(32)17(13-16-9-6-5-7-10-16)27-20(31)14(2)25-22(33)19-11-8-12-30(18)19/h5-7,9-10,14-15,17-19H,4,8,11-13H2,1-3H3,(H,25,33)(H,26,32)(H,27,31)/t14-,15-,17-,18?,19-/m0/s1. The van der Waals surface area contributed by atoms with Crippen molar-refractivity contribution in [1.29, 1.82) is 0 Å². The van der Waals surface area contributed by atoms with Gasteiger partial charge in [-0.1, -0.05) is 37.3 Å². The second-order valence-electron chi connectivity index (χ2n) is 9.01. The lowest BCUT2D eigenvalue weighted by molar-refractivity contribution is -0.133. The molecule has 0 saturated carbocycles. The molecule has 5 atom stereocenters. The third kappa shape index (κ3) is 5.11. The molecule has 1 unspecified atom stereocenters. The first kappa shape index (κ1) is 23.9. The van der Waals surface area contributed by atoms with E-state index in [-0.39, 0.29) is 23.7 Å². The number of benzene rings is 1. The Morgan fingerprint density at radius 1 is 0.941 bits per heavy atom. The number of rotatable bonds is 3. The summed E-state index contributed by atoms with van der Waals surface area (Å²) < 4.78 is 5.97. The van der Waals surface area contributed by atoms with E-state index in [1.807, 2.05) is 37.3 Å². The van der Waals surface area contributed by atoms with E-state index < -0.39 is 30.1 Å². The van der Waals surface area contributed by atoms with E-state index in [0.29, 0.717) is 25.2 Å². The molecular formula is C24H32N6O4. The van der Waals surface area contributed by atoms with Crippen LogP contribution in [0.2, 0.25) is 0 Å². The minimum absolute atomic E-state index is 0.217. The summed E-state index contributed by atoms with van der Waals surface area (Å²) in [7, 11) is 0. The number of aromatic nitrogens is 2. The van der Waals surface area contributed by atoms with Crippen molar-refractivity contribution >= 4 is 17.7 Å². The quantitative estimate of drug-likeness (QED) is 0.621. The molecule has 10 heteroatoms. The molecule has 0 spiro atoms. The smallest absolute Gasteiger partial charge is 0.243 e. The first-order valence-corrected chi connectivity index (χ1v) is 11.9. The second kappa shape index (κ2) is 10.3. The van der Waals surface area contributed by atoms with Gasteiger partial charge in [0.25, 0.3) is 0 Å². The highest BCUT2D eigenvalue weighted by molar-refractivity contribution is 5.93.